The standard InChI is InChI=1S/C13H24N2O4/c1-4-5-10(13(18)19)15-11(16)6-7-14-12(17)8-9(2)3/h9-10H,4-8H2,1-3H3,(H,14,17)(H,15,16)(H,18,19). The van der Waals surface area contributed by atoms with Crippen LogP contribution in [-0.4, -0.2) is 35.5 Å². The topological polar surface area (TPSA) is 95.5 Å². The van der Waals surface area contributed by atoms with Crippen molar-refractivity contribution in [3.05, 3.63) is 0 Å². The van der Waals surface area contributed by atoms with Crippen LogP contribution in [0, 0.1) is 5.92 Å². The van der Waals surface area contributed by atoms with Crippen LogP contribution in [0.25, 0.3) is 0 Å². The molecule has 0 aliphatic carbocycles. The first-order valence-electron chi connectivity index (χ1n) is 6.65. The van der Waals surface area contributed by atoms with Gasteiger partial charge in [-0.2, -0.15) is 0 Å². The van der Waals surface area contributed by atoms with Crippen LogP contribution in [0.15, 0.2) is 0 Å². The number of carboxylic acids is 1. The van der Waals surface area contributed by atoms with Crippen LogP contribution in [0.3, 0.4) is 0 Å². The van der Waals surface area contributed by atoms with Crippen molar-refractivity contribution in [1.29, 1.82) is 0 Å². The fraction of sp³-hybridized carbons (Fsp3) is 0.769. The molecule has 0 saturated carbocycles. The van der Waals surface area contributed by atoms with Crippen molar-refractivity contribution in [3.63, 3.8) is 0 Å². The summed E-state index contributed by atoms with van der Waals surface area (Å²) in [6, 6.07) is -0.844. The van der Waals surface area contributed by atoms with E-state index in [0.29, 0.717) is 19.3 Å². The van der Waals surface area contributed by atoms with Gasteiger partial charge in [-0.1, -0.05) is 27.2 Å². The van der Waals surface area contributed by atoms with E-state index in [1.807, 2.05) is 20.8 Å². The highest BCUT2D eigenvalue weighted by atomic mass is 16.4. The van der Waals surface area contributed by atoms with Gasteiger partial charge in [-0.25, -0.2) is 4.79 Å². The third-order valence-electron chi connectivity index (χ3n) is 2.48. The number of carbonyl (C=O) groups is 3. The fourth-order valence-corrected chi connectivity index (χ4v) is 1.57. The SMILES string of the molecule is CCCC(NC(=O)CCNC(=O)CC(C)C)C(=O)O. The summed E-state index contributed by atoms with van der Waals surface area (Å²) in [6.07, 6.45) is 1.61. The third-order valence-corrected chi connectivity index (χ3v) is 2.48. The largest absolute Gasteiger partial charge is 0.480 e. The smallest absolute Gasteiger partial charge is 0.326 e. The molecule has 0 fully saturated rings. The molecule has 0 aromatic carbocycles. The number of aliphatic carboxylic acids is 1. The molecule has 0 aliphatic rings. The minimum Gasteiger partial charge on any atom is -0.480 e. The van der Waals surface area contributed by atoms with Gasteiger partial charge >= 0.3 is 5.97 Å². The molecule has 0 rings (SSSR count). The van der Waals surface area contributed by atoms with Crippen molar-refractivity contribution < 1.29 is 19.5 Å². The minimum atomic E-state index is -1.03. The Hall–Kier alpha value is -1.59. The first-order chi connectivity index (χ1) is 8.86. The third kappa shape index (κ3) is 9.04. The molecule has 3 N–H and O–H groups in total. The zero-order valence-electron chi connectivity index (χ0n) is 11.9. The highest BCUT2D eigenvalue weighted by Gasteiger charge is 2.18. The Kier molecular flexibility index (Phi) is 8.57. The molecule has 0 saturated heterocycles. The van der Waals surface area contributed by atoms with Crippen molar-refractivity contribution in [2.24, 2.45) is 5.92 Å². The van der Waals surface area contributed by atoms with Gasteiger partial charge in [0.05, 0.1) is 0 Å². The second-order valence-electron chi connectivity index (χ2n) is 4.94. The monoisotopic (exact) mass is 272 g/mol. The molecular weight excluding hydrogens is 248 g/mol. The molecule has 0 heterocycles. The zero-order chi connectivity index (χ0) is 14.8. The lowest BCUT2D eigenvalue weighted by Gasteiger charge is -2.13. The van der Waals surface area contributed by atoms with Crippen LogP contribution in [0.5, 0.6) is 0 Å². The number of rotatable bonds is 9. The number of nitrogens with one attached hydrogen (secondary N) is 2. The van der Waals surface area contributed by atoms with E-state index in [1.54, 1.807) is 0 Å². The quantitative estimate of drug-likeness (QED) is 0.581. The molecule has 0 aromatic rings. The van der Waals surface area contributed by atoms with Gasteiger partial charge in [0.1, 0.15) is 6.04 Å². The van der Waals surface area contributed by atoms with Crippen molar-refractivity contribution in [2.75, 3.05) is 6.54 Å². The van der Waals surface area contributed by atoms with Crippen LogP contribution in [-0.2, 0) is 14.4 Å². The van der Waals surface area contributed by atoms with Gasteiger partial charge in [0.2, 0.25) is 11.8 Å². The Morgan fingerprint density at radius 3 is 2.26 bits per heavy atom. The van der Waals surface area contributed by atoms with Gasteiger partial charge in [-0.15, -0.1) is 0 Å². The summed E-state index contributed by atoms with van der Waals surface area (Å²) < 4.78 is 0. The Labute approximate surface area is 113 Å². The number of carbonyl (C=O) groups excluding carboxylic acids is 2. The molecule has 0 aliphatic heterocycles. The summed E-state index contributed by atoms with van der Waals surface area (Å²) >= 11 is 0. The average Bonchev–Trinajstić information content (AvgIpc) is 2.27. The summed E-state index contributed by atoms with van der Waals surface area (Å²) in [7, 11) is 0. The van der Waals surface area contributed by atoms with Gasteiger partial charge in [0.25, 0.3) is 0 Å². The predicted octanol–water partition coefficient (Wildman–Crippen LogP) is 0.908. The summed E-state index contributed by atoms with van der Waals surface area (Å²) in [5.74, 6) is -1.20. The highest BCUT2D eigenvalue weighted by Crippen LogP contribution is 1.99. The molecule has 1 atom stereocenters. The lowest BCUT2D eigenvalue weighted by atomic mass is 10.1. The lowest BCUT2D eigenvalue weighted by molar-refractivity contribution is -0.142. The maximum Gasteiger partial charge on any atom is 0.326 e. The summed E-state index contributed by atoms with van der Waals surface area (Å²) in [4.78, 5) is 33.7. The van der Waals surface area contributed by atoms with Crippen LogP contribution >= 0.6 is 0 Å². The van der Waals surface area contributed by atoms with E-state index in [4.69, 9.17) is 5.11 Å². The fourth-order valence-electron chi connectivity index (χ4n) is 1.57. The maximum atomic E-state index is 11.5. The van der Waals surface area contributed by atoms with E-state index >= 15 is 0 Å². The van der Waals surface area contributed by atoms with Crippen LogP contribution in [0.1, 0.15) is 46.5 Å². The Morgan fingerprint density at radius 2 is 1.79 bits per heavy atom. The van der Waals surface area contributed by atoms with Crippen LogP contribution < -0.4 is 10.6 Å². The number of amides is 2. The predicted molar refractivity (Wildman–Crippen MR) is 71.6 cm³/mol. The van der Waals surface area contributed by atoms with Crippen LogP contribution in [0.4, 0.5) is 0 Å². The first kappa shape index (κ1) is 17.4. The second kappa shape index (κ2) is 9.35. The van der Waals surface area contributed by atoms with Crippen molar-refractivity contribution in [2.45, 2.75) is 52.5 Å². The highest BCUT2D eigenvalue weighted by molar-refractivity contribution is 5.84. The Balaban J connectivity index is 3.91. The van der Waals surface area contributed by atoms with E-state index in [1.165, 1.54) is 0 Å². The molecule has 1 unspecified atom stereocenters. The Morgan fingerprint density at radius 1 is 1.16 bits per heavy atom. The lowest BCUT2D eigenvalue weighted by Crippen LogP contribution is -2.41. The molecule has 0 radical (unpaired) electrons. The van der Waals surface area contributed by atoms with Gasteiger partial charge in [0, 0.05) is 19.4 Å². The van der Waals surface area contributed by atoms with Crippen molar-refractivity contribution in [3.8, 4) is 0 Å². The van der Waals surface area contributed by atoms with Crippen molar-refractivity contribution >= 4 is 17.8 Å². The summed E-state index contributed by atoms with van der Waals surface area (Å²) in [5, 5.41) is 14.0. The molecule has 6 nitrogen and oxygen atoms in total. The molecule has 0 spiro atoms. The first-order valence-corrected chi connectivity index (χ1v) is 6.65. The van der Waals surface area contributed by atoms with E-state index in [9.17, 15) is 14.4 Å². The minimum absolute atomic E-state index is 0.0915. The molecule has 110 valence electrons. The molecule has 0 aromatic heterocycles. The number of carboxylic acid groups (broad SMARTS) is 1. The van der Waals surface area contributed by atoms with Gasteiger partial charge in [0.15, 0.2) is 0 Å². The van der Waals surface area contributed by atoms with Gasteiger partial charge < -0.3 is 15.7 Å². The summed E-state index contributed by atoms with van der Waals surface area (Å²) in [6.45, 7) is 5.97. The van der Waals surface area contributed by atoms with E-state index in [0.717, 1.165) is 0 Å². The molecule has 6 heteroatoms. The van der Waals surface area contributed by atoms with E-state index in [-0.39, 0.29) is 30.7 Å². The molecule has 2 amide bonds. The van der Waals surface area contributed by atoms with Crippen molar-refractivity contribution in [1.82, 2.24) is 10.6 Å². The Bertz CT molecular complexity index is 316. The molecular formula is C13H24N2O4. The summed E-state index contributed by atoms with van der Waals surface area (Å²) in [5.41, 5.74) is 0. The van der Waals surface area contributed by atoms with Gasteiger partial charge in [-0.05, 0) is 12.3 Å². The van der Waals surface area contributed by atoms with E-state index < -0.39 is 12.0 Å². The normalized spacial score (nSPS) is 12.0. The molecule has 19 heavy (non-hydrogen) atoms. The zero-order valence-corrected chi connectivity index (χ0v) is 11.9. The average molecular weight is 272 g/mol. The van der Waals surface area contributed by atoms with Crippen LogP contribution in [0.2, 0.25) is 0 Å². The number of hydrogen-bond acceptors (Lipinski definition) is 3. The van der Waals surface area contributed by atoms with Gasteiger partial charge in [-0.3, -0.25) is 9.59 Å². The second-order valence-corrected chi connectivity index (χ2v) is 4.94. The number of hydrogen-bond donors (Lipinski definition) is 3. The maximum absolute atomic E-state index is 11.5. The van der Waals surface area contributed by atoms with E-state index in [2.05, 4.69) is 10.6 Å². The molecule has 0 bridgehead atoms.